The van der Waals surface area contributed by atoms with E-state index in [0.717, 1.165) is 31.7 Å². The highest BCUT2D eigenvalue weighted by atomic mass is 79.9. The molecule has 1 amide bonds. The molecule has 0 aliphatic carbocycles. The Morgan fingerprint density at radius 1 is 1.22 bits per heavy atom. The van der Waals surface area contributed by atoms with Crippen molar-refractivity contribution in [3.8, 4) is 6.07 Å². The van der Waals surface area contributed by atoms with Gasteiger partial charge in [0, 0.05) is 15.1 Å². The third kappa shape index (κ3) is 5.12. The van der Waals surface area contributed by atoms with E-state index in [9.17, 15) is 4.79 Å². The number of hydrogen-bond acceptors (Lipinski definition) is 3. The summed E-state index contributed by atoms with van der Waals surface area (Å²) in [5, 5.41) is 11.5. The van der Waals surface area contributed by atoms with E-state index in [1.54, 1.807) is 0 Å². The minimum absolute atomic E-state index is 0.0389. The van der Waals surface area contributed by atoms with Crippen LogP contribution < -0.4 is 5.32 Å². The Labute approximate surface area is 149 Å². The van der Waals surface area contributed by atoms with Crippen LogP contribution in [0.4, 0.5) is 5.69 Å². The third-order valence-electron chi connectivity index (χ3n) is 3.34. The first-order chi connectivity index (χ1) is 11.0. The topological polar surface area (TPSA) is 52.9 Å². The van der Waals surface area contributed by atoms with E-state index in [0.29, 0.717) is 12.2 Å². The van der Waals surface area contributed by atoms with E-state index in [4.69, 9.17) is 5.26 Å². The summed E-state index contributed by atoms with van der Waals surface area (Å²) in [5.41, 5.74) is 4.01. The van der Waals surface area contributed by atoms with Crippen LogP contribution in [0.15, 0.2) is 45.8 Å². The summed E-state index contributed by atoms with van der Waals surface area (Å²) in [7, 11) is 0. The van der Waals surface area contributed by atoms with Crippen LogP contribution >= 0.6 is 27.7 Å². The number of amides is 1. The Bertz CT molecular complexity index is 751. The zero-order chi connectivity index (χ0) is 16.8. The number of nitrogens with zero attached hydrogens (tertiary/aromatic N) is 1. The van der Waals surface area contributed by atoms with Crippen LogP contribution in [0.5, 0.6) is 0 Å². The van der Waals surface area contributed by atoms with Crippen LogP contribution in [-0.4, -0.2) is 11.7 Å². The fourth-order valence-electron chi connectivity index (χ4n) is 2.05. The Morgan fingerprint density at radius 2 is 1.91 bits per heavy atom. The average molecular weight is 389 g/mol. The fraction of sp³-hybridized carbons (Fsp3) is 0.222. The normalized spacial score (nSPS) is 10.2. The standard InChI is InChI=1S/C18H17BrN2OS/c1-12-10-17(13(2)9-16(12)19)23-11-18(22)21-15-5-3-14(4-6-15)7-8-20/h3-6,9-10H,7,11H2,1-2H3,(H,21,22). The molecule has 1 N–H and O–H groups in total. The molecule has 3 nitrogen and oxygen atoms in total. The van der Waals surface area contributed by atoms with Gasteiger partial charge < -0.3 is 5.32 Å². The van der Waals surface area contributed by atoms with Gasteiger partial charge in [-0.3, -0.25) is 4.79 Å². The van der Waals surface area contributed by atoms with Crippen LogP contribution in [0, 0.1) is 25.2 Å². The Balaban J connectivity index is 1.93. The maximum absolute atomic E-state index is 12.1. The van der Waals surface area contributed by atoms with E-state index in [1.807, 2.05) is 38.1 Å². The molecule has 0 saturated carbocycles. The molecule has 0 spiro atoms. The molecule has 0 aromatic heterocycles. The van der Waals surface area contributed by atoms with E-state index in [1.165, 1.54) is 11.8 Å². The van der Waals surface area contributed by atoms with Crippen molar-refractivity contribution in [2.45, 2.75) is 25.2 Å². The molecule has 0 bridgehead atoms. The molecule has 118 valence electrons. The molecule has 0 saturated heterocycles. The number of aryl methyl sites for hydroxylation is 2. The minimum atomic E-state index is -0.0389. The van der Waals surface area contributed by atoms with Crippen molar-refractivity contribution in [2.24, 2.45) is 0 Å². The van der Waals surface area contributed by atoms with Crippen LogP contribution in [0.25, 0.3) is 0 Å². The van der Waals surface area contributed by atoms with E-state index < -0.39 is 0 Å². The van der Waals surface area contributed by atoms with Gasteiger partial charge in [0.1, 0.15) is 0 Å². The first-order valence-corrected chi connectivity index (χ1v) is 8.92. The zero-order valence-corrected chi connectivity index (χ0v) is 15.4. The molecule has 0 aliphatic rings. The fourth-order valence-corrected chi connectivity index (χ4v) is 3.41. The van der Waals surface area contributed by atoms with Gasteiger partial charge in [-0.1, -0.05) is 28.1 Å². The molecule has 0 radical (unpaired) electrons. The summed E-state index contributed by atoms with van der Waals surface area (Å²) < 4.78 is 1.08. The van der Waals surface area contributed by atoms with Gasteiger partial charge in [0.25, 0.3) is 0 Å². The van der Waals surface area contributed by atoms with Gasteiger partial charge in [-0.05, 0) is 54.8 Å². The molecular formula is C18H17BrN2OS. The predicted octanol–water partition coefficient (Wildman–Crippen LogP) is 4.86. The average Bonchev–Trinajstić information content (AvgIpc) is 2.52. The van der Waals surface area contributed by atoms with Gasteiger partial charge in [0.05, 0.1) is 18.2 Å². The van der Waals surface area contributed by atoms with Gasteiger partial charge in [0.15, 0.2) is 0 Å². The number of halogens is 1. The van der Waals surface area contributed by atoms with Crippen molar-refractivity contribution < 1.29 is 4.79 Å². The quantitative estimate of drug-likeness (QED) is 0.743. The monoisotopic (exact) mass is 388 g/mol. The summed E-state index contributed by atoms with van der Waals surface area (Å²) in [5.74, 6) is 0.324. The molecule has 0 heterocycles. The number of anilines is 1. The maximum Gasteiger partial charge on any atom is 0.234 e. The Morgan fingerprint density at radius 3 is 2.57 bits per heavy atom. The van der Waals surface area contributed by atoms with Crippen molar-refractivity contribution in [2.75, 3.05) is 11.1 Å². The molecule has 0 unspecified atom stereocenters. The Kier molecular flexibility index (Phi) is 6.26. The van der Waals surface area contributed by atoms with Crippen molar-refractivity contribution >= 4 is 39.3 Å². The molecule has 0 fully saturated rings. The van der Waals surface area contributed by atoms with Crippen LogP contribution in [-0.2, 0) is 11.2 Å². The Hall–Kier alpha value is -1.77. The summed E-state index contributed by atoms with van der Waals surface area (Å²) in [6.07, 6.45) is 0.381. The lowest BCUT2D eigenvalue weighted by Crippen LogP contribution is -2.14. The van der Waals surface area contributed by atoms with Crippen molar-refractivity contribution in [1.82, 2.24) is 0 Å². The second-order valence-electron chi connectivity index (χ2n) is 5.24. The van der Waals surface area contributed by atoms with Crippen molar-refractivity contribution in [1.29, 1.82) is 5.26 Å². The number of benzene rings is 2. The molecular weight excluding hydrogens is 372 g/mol. The van der Waals surface area contributed by atoms with E-state index in [-0.39, 0.29) is 5.91 Å². The highest BCUT2D eigenvalue weighted by Crippen LogP contribution is 2.28. The second-order valence-corrected chi connectivity index (χ2v) is 7.11. The van der Waals surface area contributed by atoms with Crippen LogP contribution in [0.2, 0.25) is 0 Å². The number of carbonyl (C=O) groups is 1. The van der Waals surface area contributed by atoms with Gasteiger partial charge in [-0.15, -0.1) is 11.8 Å². The lowest BCUT2D eigenvalue weighted by molar-refractivity contribution is -0.113. The maximum atomic E-state index is 12.1. The second kappa shape index (κ2) is 8.19. The molecule has 0 aliphatic heterocycles. The first kappa shape index (κ1) is 17.6. The summed E-state index contributed by atoms with van der Waals surface area (Å²) >= 11 is 5.05. The highest BCUT2D eigenvalue weighted by Gasteiger charge is 2.07. The number of thioether (sulfide) groups is 1. The largest absolute Gasteiger partial charge is 0.325 e. The predicted molar refractivity (Wildman–Crippen MR) is 98.7 cm³/mol. The number of rotatable bonds is 5. The van der Waals surface area contributed by atoms with E-state index in [2.05, 4.69) is 39.4 Å². The van der Waals surface area contributed by atoms with Gasteiger partial charge >= 0.3 is 0 Å². The molecule has 23 heavy (non-hydrogen) atoms. The minimum Gasteiger partial charge on any atom is -0.325 e. The third-order valence-corrected chi connectivity index (χ3v) is 5.35. The molecule has 5 heteroatoms. The van der Waals surface area contributed by atoms with Crippen LogP contribution in [0.1, 0.15) is 16.7 Å². The van der Waals surface area contributed by atoms with Crippen molar-refractivity contribution in [3.05, 3.63) is 57.6 Å². The lowest BCUT2D eigenvalue weighted by atomic mass is 10.1. The molecule has 2 aromatic carbocycles. The number of hydrogen-bond donors (Lipinski definition) is 1. The number of nitriles is 1. The smallest absolute Gasteiger partial charge is 0.234 e. The van der Waals surface area contributed by atoms with Gasteiger partial charge in [-0.25, -0.2) is 0 Å². The molecule has 2 aromatic rings. The van der Waals surface area contributed by atoms with Crippen molar-refractivity contribution in [3.63, 3.8) is 0 Å². The van der Waals surface area contributed by atoms with Crippen LogP contribution in [0.3, 0.4) is 0 Å². The highest BCUT2D eigenvalue weighted by molar-refractivity contribution is 9.10. The SMILES string of the molecule is Cc1cc(SCC(=O)Nc2ccc(CC#N)cc2)c(C)cc1Br. The lowest BCUT2D eigenvalue weighted by Gasteiger charge is -2.09. The molecule has 0 atom stereocenters. The first-order valence-electron chi connectivity index (χ1n) is 7.15. The number of nitrogens with one attached hydrogen (secondary N) is 1. The van der Waals surface area contributed by atoms with Gasteiger partial charge in [-0.2, -0.15) is 5.26 Å². The molecule has 2 rings (SSSR count). The summed E-state index contributed by atoms with van der Waals surface area (Å²) in [6, 6.07) is 13.6. The van der Waals surface area contributed by atoms with E-state index >= 15 is 0 Å². The van der Waals surface area contributed by atoms with Gasteiger partial charge in [0.2, 0.25) is 5.91 Å². The summed E-state index contributed by atoms with van der Waals surface area (Å²) in [4.78, 5) is 13.2. The zero-order valence-electron chi connectivity index (χ0n) is 13.0. The number of carbonyl (C=O) groups excluding carboxylic acids is 1. The summed E-state index contributed by atoms with van der Waals surface area (Å²) in [6.45, 7) is 4.08.